The van der Waals surface area contributed by atoms with E-state index in [2.05, 4.69) is 33.9 Å². The summed E-state index contributed by atoms with van der Waals surface area (Å²) >= 11 is 0. The van der Waals surface area contributed by atoms with Crippen molar-refractivity contribution in [2.75, 3.05) is 0 Å². The Morgan fingerprint density at radius 2 is 1.76 bits per heavy atom. The van der Waals surface area contributed by atoms with Crippen molar-refractivity contribution in [2.45, 2.75) is 13.8 Å². The van der Waals surface area contributed by atoms with E-state index in [1.807, 2.05) is 30.6 Å². The molecule has 0 atom stereocenters. The predicted octanol–water partition coefficient (Wildman–Crippen LogP) is 3.49. The second kappa shape index (κ2) is 3.95. The summed E-state index contributed by atoms with van der Waals surface area (Å²) in [6.07, 6.45) is 0. The standard InChI is InChI=1S/C17H15N3O/c1-10-15(11(2)21)17-19(3)13-8-4-6-12-7-5-9-14(16(12)13)20(17)18-10/h4-9H,1-3H3. The highest BCUT2D eigenvalue weighted by molar-refractivity contribution is 6.10. The molecule has 0 aliphatic rings. The molecule has 104 valence electrons. The molecule has 0 fully saturated rings. The highest BCUT2D eigenvalue weighted by Crippen LogP contribution is 2.29. The van der Waals surface area contributed by atoms with Crippen molar-refractivity contribution in [1.29, 1.82) is 0 Å². The predicted molar refractivity (Wildman–Crippen MR) is 83.9 cm³/mol. The minimum Gasteiger partial charge on any atom is -0.328 e. The van der Waals surface area contributed by atoms with Gasteiger partial charge in [0.15, 0.2) is 5.78 Å². The Hall–Kier alpha value is -2.62. The average Bonchev–Trinajstić information content (AvgIpc) is 2.82. The molecule has 21 heavy (non-hydrogen) atoms. The minimum absolute atomic E-state index is 0.0483. The zero-order valence-electron chi connectivity index (χ0n) is 12.2. The highest BCUT2D eigenvalue weighted by atomic mass is 16.1. The third-order valence-corrected chi connectivity index (χ3v) is 4.16. The van der Waals surface area contributed by atoms with Crippen molar-refractivity contribution in [2.24, 2.45) is 7.05 Å². The molecule has 0 spiro atoms. The minimum atomic E-state index is 0.0483. The van der Waals surface area contributed by atoms with Gasteiger partial charge in [0.1, 0.15) is 5.65 Å². The fourth-order valence-corrected chi connectivity index (χ4v) is 3.28. The largest absolute Gasteiger partial charge is 0.328 e. The van der Waals surface area contributed by atoms with Crippen LogP contribution in [0.4, 0.5) is 0 Å². The quantitative estimate of drug-likeness (QED) is 0.500. The van der Waals surface area contributed by atoms with Crippen molar-refractivity contribution < 1.29 is 4.79 Å². The van der Waals surface area contributed by atoms with Crippen LogP contribution in [0.15, 0.2) is 36.4 Å². The van der Waals surface area contributed by atoms with Crippen LogP contribution >= 0.6 is 0 Å². The van der Waals surface area contributed by atoms with Gasteiger partial charge in [0, 0.05) is 12.4 Å². The van der Waals surface area contributed by atoms with E-state index in [1.54, 1.807) is 6.92 Å². The molecule has 0 N–H and O–H groups in total. The molecule has 0 bridgehead atoms. The number of aryl methyl sites for hydroxylation is 2. The van der Waals surface area contributed by atoms with E-state index in [4.69, 9.17) is 0 Å². The van der Waals surface area contributed by atoms with E-state index < -0.39 is 0 Å². The number of carbonyl (C=O) groups excluding carboxylic acids is 1. The van der Waals surface area contributed by atoms with Crippen LogP contribution in [0.1, 0.15) is 23.0 Å². The number of aromatic nitrogens is 3. The van der Waals surface area contributed by atoms with Crippen LogP contribution in [0.25, 0.3) is 27.5 Å². The molecule has 2 heterocycles. The van der Waals surface area contributed by atoms with Crippen LogP contribution in [0.3, 0.4) is 0 Å². The first-order valence-corrected chi connectivity index (χ1v) is 6.96. The maximum Gasteiger partial charge on any atom is 0.165 e. The van der Waals surface area contributed by atoms with Crippen molar-refractivity contribution in [1.82, 2.24) is 14.2 Å². The van der Waals surface area contributed by atoms with E-state index in [9.17, 15) is 4.79 Å². The second-order valence-corrected chi connectivity index (χ2v) is 5.46. The first-order valence-electron chi connectivity index (χ1n) is 6.96. The fourth-order valence-electron chi connectivity index (χ4n) is 3.28. The number of fused-ring (bicyclic) bond motifs is 2. The third kappa shape index (κ3) is 1.44. The molecule has 0 saturated carbocycles. The van der Waals surface area contributed by atoms with Crippen LogP contribution in [0.5, 0.6) is 0 Å². The SMILES string of the molecule is CC(=O)c1c(C)nn2c3cccc4cccc(c43)n(C)c12. The fraction of sp³-hybridized carbons (Fsp3) is 0.176. The summed E-state index contributed by atoms with van der Waals surface area (Å²) in [6, 6.07) is 12.4. The van der Waals surface area contributed by atoms with Crippen LogP contribution in [0.2, 0.25) is 0 Å². The Morgan fingerprint density at radius 3 is 2.43 bits per heavy atom. The first-order chi connectivity index (χ1) is 10.1. The molecule has 4 rings (SSSR count). The third-order valence-electron chi connectivity index (χ3n) is 4.16. The van der Waals surface area contributed by atoms with Gasteiger partial charge in [-0.15, -0.1) is 0 Å². The van der Waals surface area contributed by atoms with Crippen molar-refractivity contribution >= 4 is 33.2 Å². The Kier molecular flexibility index (Phi) is 2.28. The van der Waals surface area contributed by atoms with E-state index in [1.165, 1.54) is 10.8 Å². The van der Waals surface area contributed by atoms with E-state index in [0.717, 1.165) is 22.4 Å². The molecular formula is C17H15N3O. The van der Waals surface area contributed by atoms with Gasteiger partial charge in [-0.25, -0.2) is 4.52 Å². The Bertz CT molecular complexity index is 1030. The second-order valence-electron chi connectivity index (χ2n) is 5.46. The Balaban J connectivity index is 2.41. The van der Waals surface area contributed by atoms with Crippen molar-refractivity contribution in [3.63, 3.8) is 0 Å². The Morgan fingerprint density at radius 1 is 1.10 bits per heavy atom. The summed E-state index contributed by atoms with van der Waals surface area (Å²) in [7, 11) is 1.99. The molecule has 2 aromatic heterocycles. The molecule has 4 nitrogen and oxygen atoms in total. The summed E-state index contributed by atoms with van der Waals surface area (Å²) < 4.78 is 3.95. The van der Waals surface area contributed by atoms with Gasteiger partial charge in [0.25, 0.3) is 0 Å². The normalized spacial score (nSPS) is 11.8. The summed E-state index contributed by atoms with van der Waals surface area (Å²) in [5, 5.41) is 6.96. The zero-order valence-corrected chi connectivity index (χ0v) is 12.2. The number of carbonyl (C=O) groups is 1. The average molecular weight is 277 g/mol. The first kappa shape index (κ1) is 12.1. The summed E-state index contributed by atoms with van der Waals surface area (Å²) in [5.41, 5.74) is 4.47. The number of ketones is 1. The molecule has 4 heteroatoms. The molecule has 0 radical (unpaired) electrons. The molecule has 0 amide bonds. The van der Waals surface area contributed by atoms with Crippen LogP contribution < -0.4 is 0 Å². The molecule has 0 unspecified atom stereocenters. The number of rotatable bonds is 1. The van der Waals surface area contributed by atoms with Crippen LogP contribution in [-0.2, 0) is 7.05 Å². The zero-order chi connectivity index (χ0) is 14.7. The van der Waals surface area contributed by atoms with Gasteiger partial charge in [-0.2, -0.15) is 5.10 Å². The smallest absolute Gasteiger partial charge is 0.165 e. The van der Waals surface area contributed by atoms with Crippen molar-refractivity contribution in [3.8, 4) is 0 Å². The number of hydrogen-bond donors (Lipinski definition) is 0. The number of Topliss-reactive ketones (excluding diaryl/α,β-unsaturated/α-hetero) is 1. The van der Waals surface area contributed by atoms with E-state index in [0.29, 0.717) is 5.56 Å². The van der Waals surface area contributed by atoms with Crippen molar-refractivity contribution in [3.05, 3.63) is 47.7 Å². The topological polar surface area (TPSA) is 39.3 Å². The lowest BCUT2D eigenvalue weighted by Gasteiger charge is -2.13. The van der Waals surface area contributed by atoms with Gasteiger partial charge < -0.3 is 4.57 Å². The lowest BCUT2D eigenvalue weighted by molar-refractivity contribution is 0.101. The molecule has 0 saturated heterocycles. The number of nitrogens with zero attached hydrogens (tertiary/aromatic N) is 3. The van der Waals surface area contributed by atoms with Gasteiger partial charge in [-0.05, 0) is 31.4 Å². The van der Waals surface area contributed by atoms with Gasteiger partial charge >= 0.3 is 0 Å². The highest BCUT2D eigenvalue weighted by Gasteiger charge is 2.19. The van der Waals surface area contributed by atoms with Gasteiger partial charge in [-0.1, -0.05) is 24.3 Å². The Labute approximate surface area is 121 Å². The molecule has 0 aliphatic carbocycles. The monoisotopic (exact) mass is 277 g/mol. The van der Waals surface area contributed by atoms with E-state index >= 15 is 0 Å². The van der Waals surface area contributed by atoms with E-state index in [-0.39, 0.29) is 5.78 Å². The molecular weight excluding hydrogens is 262 g/mol. The number of hydrogen-bond acceptors (Lipinski definition) is 2. The summed E-state index contributed by atoms with van der Waals surface area (Å²) in [4.78, 5) is 12.0. The van der Waals surface area contributed by atoms with Gasteiger partial charge in [0.05, 0.1) is 22.3 Å². The molecule has 0 aliphatic heterocycles. The number of benzene rings is 2. The summed E-state index contributed by atoms with van der Waals surface area (Å²) in [5.74, 6) is 0.0483. The molecule has 2 aromatic carbocycles. The lowest BCUT2D eigenvalue weighted by Crippen LogP contribution is -2.05. The summed E-state index contributed by atoms with van der Waals surface area (Å²) in [6.45, 7) is 3.49. The maximum atomic E-state index is 12.0. The molecule has 4 aromatic rings. The van der Waals surface area contributed by atoms with Gasteiger partial charge in [0.2, 0.25) is 0 Å². The maximum absolute atomic E-state index is 12.0. The van der Waals surface area contributed by atoms with Crippen LogP contribution in [-0.4, -0.2) is 20.0 Å². The van der Waals surface area contributed by atoms with Crippen LogP contribution in [0, 0.1) is 6.92 Å². The van der Waals surface area contributed by atoms with Gasteiger partial charge in [-0.3, -0.25) is 4.79 Å². The lowest BCUT2D eigenvalue weighted by atomic mass is 10.1.